The van der Waals surface area contributed by atoms with Crippen molar-refractivity contribution >= 4 is 22.2 Å². The Balaban J connectivity index is 1.76. The molecule has 2 aromatic heterocycles. The maximum absolute atomic E-state index is 5.42. The third kappa shape index (κ3) is 1.86. The van der Waals surface area contributed by atoms with Crippen LogP contribution in [0.15, 0.2) is 29.6 Å². The predicted molar refractivity (Wildman–Crippen MR) is 75.4 cm³/mol. The van der Waals surface area contributed by atoms with E-state index in [1.54, 1.807) is 11.3 Å². The minimum atomic E-state index is 0.454. The first-order valence-electron chi connectivity index (χ1n) is 6.38. The Morgan fingerprint density at radius 2 is 2.26 bits per heavy atom. The third-order valence-electron chi connectivity index (χ3n) is 3.54. The van der Waals surface area contributed by atoms with Gasteiger partial charge in [-0.05, 0) is 12.5 Å². The van der Waals surface area contributed by atoms with Gasteiger partial charge in [-0.1, -0.05) is 18.2 Å². The van der Waals surface area contributed by atoms with Crippen LogP contribution in [0.2, 0.25) is 0 Å². The Morgan fingerprint density at radius 1 is 1.32 bits per heavy atom. The molecule has 3 aromatic rings. The van der Waals surface area contributed by atoms with Crippen LogP contribution in [0.25, 0.3) is 21.6 Å². The first-order chi connectivity index (χ1) is 9.42. The molecule has 0 aliphatic carbocycles. The Labute approximate surface area is 114 Å². The zero-order chi connectivity index (χ0) is 12.7. The smallest absolute Gasteiger partial charge is 0.144 e. The lowest BCUT2D eigenvalue weighted by Crippen LogP contribution is -1.97. The molecule has 4 rings (SSSR count). The molecule has 1 atom stereocenters. The third-order valence-corrected chi connectivity index (χ3v) is 4.41. The van der Waals surface area contributed by atoms with Crippen LogP contribution in [-0.4, -0.2) is 28.4 Å². The van der Waals surface area contributed by atoms with Crippen molar-refractivity contribution in [2.45, 2.75) is 12.3 Å². The number of nitrogens with one attached hydrogen (secondary N) is 1. The summed E-state index contributed by atoms with van der Waals surface area (Å²) in [5, 5.41) is 11.7. The SMILES string of the molecule is c1ccc2c(-c3nc(C4CCOC4)cs3)n[nH]c2c1. The maximum Gasteiger partial charge on any atom is 0.144 e. The fraction of sp³-hybridized carbons (Fsp3) is 0.286. The van der Waals surface area contributed by atoms with Gasteiger partial charge in [0, 0.05) is 23.3 Å². The van der Waals surface area contributed by atoms with Crippen LogP contribution < -0.4 is 0 Å². The van der Waals surface area contributed by atoms with Gasteiger partial charge in [0.2, 0.25) is 0 Å². The molecular formula is C14H13N3OS. The zero-order valence-electron chi connectivity index (χ0n) is 10.3. The average molecular weight is 271 g/mol. The van der Waals surface area contributed by atoms with Crippen molar-refractivity contribution in [3.63, 3.8) is 0 Å². The van der Waals surface area contributed by atoms with Crippen molar-refractivity contribution in [2.75, 3.05) is 13.2 Å². The molecule has 1 saturated heterocycles. The molecule has 5 heteroatoms. The van der Waals surface area contributed by atoms with Crippen LogP contribution in [0.5, 0.6) is 0 Å². The van der Waals surface area contributed by atoms with Crippen LogP contribution >= 0.6 is 11.3 Å². The molecule has 96 valence electrons. The minimum absolute atomic E-state index is 0.454. The van der Waals surface area contributed by atoms with Gasteiger partial charge in [0.25, 0.3) is 0 Å². The number of fused-ring (bicyclic) bond motifs is 1. The van der Waals surface area contributed by atoms with E-state index in [4.69, 9.17) is 9.72 Å². The van der Waals surface area contributed by atoms with Gasteiger partial charge in [0.15, 0.2) is 0 Å². The predicted octanol–water partition coefficient (Wildman–Crippen LogP) is 3.19. The van der Waals surface area contributed by atoms with Crippen molar-refractivity contribution in [3.8, 4) is 10.7 Å². The number of thiazole rings is 1. The Bertz CT molecular complexity index is 712. The molecule has 1 aliphatic rings. The van der Waals surface area contributed by atoms with Gasteiger partial charge in [-0.3, -0.25) is 5.10 Å². The quantitative estimate of drug-likeness (QED) is 0.778. The fourth-order valence-electron chi connectivity index (χ4n) is 2.48. The second-order valence-corrected chi connectivity index (χ2v) is 5.61. The van der Waals surface area contributed by atoms with E-state index >= 15 is 0 Å². The summed E-state index contributed by atoms with van der Waals surface area (Å²) in [6.45, 7) is 1.65. The highest BCUT2D eigenvalue weighted by molar-refractivity contribution is 7.13. The topological polar surface area (TPSA) is 50.8 Å². The average Bonchev–Trinajstić information content (AvgIpc) is 3.18. The van der Waals surface area contributed by atoms with Crippen molar-refractivity contribution in [2.24, 2.45) is 0 Å². The molecule has 1 aliphatic heterocycles. The number of ether oxygens (including phenoxy) is 1. The molecule has 19 heavy (non-hydrogen) atoms. The first kappa shape index (κ1) is 11.1. The highest BCUT2D eigenvalue weighted by Crippen LogP contribution is 2.32. The number of aromatic nitrogens is 3. The number of nitrogens with zero attached hydrogens (tertiary/aromatic N) is 2. The Kier molecular flexibility index (Phi) is 2.60. The highest BCUT2D eigenvalue weighted by Gasteiger charge is 2.21. The van der Waals surface area contributed by atoms with E-state index in [9.17, 15) is 0 Å². The summed E-state index contributed by atoms with van der Waals surface area (Å²) in [5.74, 6) is 0.454. The summed E-state index contributed by atoms with van der Waals surface area (Å²) in [4.78, 5) is 4.74. The lowest BCUT2D eigenvalue weighted by atomic mass is 10.1. The second-order valence-electron chi connectivity index (χ2n) is 4.76. The molecule has 1 N–H and O–H groups in total. The molecule has 0 bridgehead atoms. The number of benzene rings is 1. The van der Waals surface area contributed by atoms with Crippen molar-refractivity contribution < 1.29 is 4.74 Å². The van der Waals surface area contributed by atoms with Gasteiger partial charge in [0.1, 0.15) is 10.7 Å². The van der Waals surface area contributed by atoms with Gasteiger partial charge in [-0.2, -0.15) is 5.10 Å². The van der Waals surface area contributed by atoms with Gasteiger partial charge < -0.3 is 4.74 Å². The molecule has 0 radical (unpaired) electrons. The van der Waals surface area contributed by atoms with E-state index in [0.717, 1.165) is 46.9 Å². The lowest BCUT2D eigenvalue weighted by Gasteiger charge is -2.01. The van der Waals surface area contributed by atoms with Crippen LogP contribution in [0.3, 0.4) is 0 Å². The summed E-state index contributed by atoms with van der Waals surface area (Å²) >= 11 is 1.66. The normalized spacial score (nSPS) is 19.3. The minimum Gasteiger partial charge on any atom is -0.381 e. The molecule has 1 aromatic carbocycles. The van der Waals surface area contributed by atoms with Crippen LogP contribution in [0.1, 0.15) is 18.0 Å². The van der Waals surface area contributed by atoms with Crippen molar-refractivity contribution in [3.05, 3.63) is 35.3 Å². The number of hydrogen-bond donors (Lipinski definition) is 1. The number of rotatable bonds is 2. The largest absolute Gasteiger partial charge is 0.381 e. The second kappa shape index (κ2) is 4.43. The molecule has 1 fully saturated rings. The van der Waals surface area contributed by atoms with E-state index in [2.05, 4.69) is 21.6 Å². The van der Waals surface area contributed by atoms with E-state index in [0.29, 0.717) is 5.92 Å². The van der Waals surface area contributed by atoms with Crippen LogP contribution in [0.4, 0.5) is 0 Å². The Hall–Kier alpha value is -1.72. The van der Waals surface area contributed by atoms with Crippen LogP contribution in [-0.2, 0) is 4.74 Å². The van der Waals surface area contributed by atoms with Gasteiger partial charge in [-0.15, -0.1) is 11.3 Å². The van der Waals surface area contributed by atoms with Gasteiger partial charge in [-0.25, -0.2) is 4.98 Å². The van der Waals surface area contributed by atoms with Crippen molar-refractivity contribution in [1.29, 1.82) is 0 Å². The summed E-state index contributed by atoms with van der Waals surface area (Å²) < 4.78 is 5.42. The fourth-order valence-corrected chi connectivity index (χ4v) is 3.38. The number of aromatic amines is 1. The molecular weight excluding hydrogens is 258 g/mol. The molecule has 0 spiro atoms. The molecule has 0 amide bonds. The summed E-state index contributed by atoms with van der Waals surface area (Å²) in [5.41, 5.74) is 3.15. The zero-order valence-corrected chi connectivity index (χ0v) is 11.1. The van der Waals surface area contributed by atoms with Gasteiger partial charge in [0.05, 0.1) is 17.8 Å². The van der Waals surface area contributed by atoms with Crippen molar-refractivity contribution in [1.82, 2.24) is 15.2 Å². The van der Waals surface area contributed by atoms with Gasteiger partial charge >= 0.3 is 0 Å². The number of para-hydroxylation sites is 1. The highest BCUT2D eigenvalue weighted by atomic mass is 32.1. The maximum atomic E-state index is 5.42. The first-order valence-corrected chi connectivity index (χ1v) is 7.26. The standard InChI is InChI=1S/C14H13N3OS/c1-2-4-11-10(3-1)13(17-16-11)14-15-12(8-19-14)9-5-6-18-7-9/h1-4,8-9H,5-7H2,(H,16,17). The van der Waals surface area contributed by atoms with E-state index in [1.807, 2.05) is 18.2 Å². The van der Waals surface area contributed by atoms with E-state index in [1.165, 1.54) is 0 Å². The number of hydrogen-bond acceptors (Lipinski definition) is 4. The number of H-pyrrole nitrogens is 1. The monoisotopic (exact) mass is 271 g/mol. The summed E-state index contributed by atoms with van der Waals surface area (Å²) in [7, 11) is 0. The van der Waals surface area contributed by atoms with E-state index in [-0.39, 0.29) is 0 Å². The van der Waals surface area contributed by atoms with E-state index < -0.39 is 0 Å². The van der Waals surface area contributed by atoms with Crippen LogP contribution in [0, 0.1) is 0 Å². The lowest BCUT2D eigenvalue weighted by molar-refractivity contribution is 0.193. The summed E-state index contributed by atoms with van der Waals surface area (Å²) in [6, 6.07) is 8.15. The molecule has 3 heterocycles. The molecule has 1 unspecified atom stereocenters. The summed E-state index contributed by atoms with van der Waals surface area (Å²) in [6.07, 6.45) is 1.07. The Morgan fingerprint density at radius 3 is 3.16 bits per heavy atom. The molecule has 0 saturated carbocycles. The molecule has 4 nitrogen and oxygen atoms in total.